The molecule has 8 nitrogen and oxygen atoms in total. The number of hydrogen-bond donors (Lipinski definition) is 0. The zero-order valence-corrected chi connectivity index (χ0v) is 19.2. The molecule has 1 amide bonds. The van der Waals surface area contributed by atoms with E-state index < -0.39 is 23.3 Å². The molecule has 0 radical (unpaired) electrons. The molecule has 0 N–H and O–H groups in total. The summed E-state index contributed by atoms with van der Waals surface area (Å²) in [5, 5.41) is 0. The van der Waals surface area contributed by atoms with Gasteiger partial charge in [-0.05, 0) is 30.3 Å². The Kier molecular flexibility index (Phi) is 4.83. The van der Waals surface area contributed by atoms with Crippen molar-refractivity contribution in [2.24, 2.45) is 0 Å². The lowest BCUT2D eigenvalue weighted by molar-refractivity contribution is -0.153. The Morgan fingerprint density at radius 1 is 1.03 bits per heavy atom. The van der Waals surface area contributed by atoms with Crippen LogP contribution in [-0.2, 0) is 22.9 Å². The Hall–Kier alpha value is -4.02. The van der Waals surface area contributed by atoms with Crippen molar-refractivity contribution in [3.63, 3.8) is 0 Å². The first-order valence-electron chi connectivity index (χ1n) is 11.1. The lowest BCUT2D eigenvalue weighted by Crippen LogP contribution is -2.42. The number of methoxy groups -OCH3 is 2. The topological polar surface area (TPSA) is 79.6 Å². The van der Waals surface area contributed by atoms with Gasteiger partial charge >= 0.3 is 6.18 Å². The average Bonchev–Trinajstić information content (AvgIpc) is 3.56. The summed E-state index contributed by atoms with van der Waals surface area (Å²) in [4.78, 5) is 15.6. The first kappa shape index (κ1) is 22.4. The van der Waals surface area contributed by atoms with E-state index >= 15 is 0 Å². The molecular formula is C25H20F3NO7. The molecule has 3 aliphatic heterocycles. The summed E-state index contributed by atoms with van der Waals surface area (Å²) < 4.78 is 73.1. The number of nitrogens with zero attached hydrogens (tertiary/aromatic N) is 1. The van der Waals surface area contributed by atoms with Crippen molar-refractivity contribution in [2.45, 2.75) is 18.1 Å². The number of anilines is 1. The van der Waals surface area contributed by atoms with Crippen LogP contribution in [-0.4, -0.2) is 39.9 Å². The van der Waals surface area contributed by atoms with Crippen molar-refractivity contribution in [1.82, 2.24) is 0 Å². The fourth-order valence-electron chi connectivity index (χ4n) is 5.14. The number of ether oxygens (including phenoxy) is 5. The minimum absolute atomic E-state index is 0.0135. The number of carbonyl (C=O) groups excluding carboxylic acids is 1. The van der Waals surface area contributed by atoms with Gasteiger partial charge in [0.25, 0.3) is 0 Å². The van der Waals surface area contributed by atoms with E-state index in [1.807, 2.05) is 0 Å². The van der Waals surface area contributed by atoms with Crippen molar-refractivity contribution < 1.29 is 46.1 Å². The van der Waals surface area contributed by atoms with Gasteiger partial charge < -0.3 is 33.0 Å². The quantitative estimate of drug-likeness (QED) is 0.525. The van der Waals surface area contributed by atoms with E-state index in [9.17, 15) is 18.0 Å². The van der Waals surface area contributed by atoms with Crippen LogP contribution in [0.4, 0.5) is 18.9 Å². The van der Waals surface area contributed by atoms with Gasteiger partial charge in [0.05, 0.1) is 26.5 Å². The predicted molar refractivity (Wildman–Crippen MR) is 118 cm³/mol. The number of furan rings is 1. The molecule has 1 aromatic heterocycles. The first-order valence-corrected chi connectivity index (χ1v) is 11.1. The molecule has 2 aromatic carbocycles. The summed E-state index contributed by atoms with van der Waals surface area (Å²) in [6.45, 7) is 0.368. The predicted octanol–water partition coefficient (Wildman–Crippen LogP) is 4.31. The van der Waals surface area contributed by atoms with Crippen molar-refractivity contribution in [2.75, 3.05) is 38.9 Å². The maximum absolute atomic E-state index is 14.2. The van der Waals surface area contributed by atoms with Crippen LogP contribution in [0.2, 0.25) is 0 Å². The summed E-state index contributed by atoms with van der Waals surface area (Å²) in [6.07, 6.45) is -4.63. The number of carbonyl (C=O) groups is 1. The number of fused-ring (bicyclic) bond motifs is 5. The molecule has 0 bridgehead atoms. The van der Waals surface area contributed by atoms with E-state index in [4.69, 9.17) is 28.1 Å². The van der Waals surface area contributed by atoms with Crippen LogP contribution in [0.15, 0.2) is 40.8 Å². The first-order chi connectivity index (χ1) is 17.3. The molecule has 4 heterocycles. The van der Waals surface area contributed by atoms with Gasteiger partial charge in [0.15, 0.2) is 11.5 Å². The number of alkyl halides is 3. The van der Waals surface area contributed by atoms with Crippen molar-refractivity contribution in [1.29, 1.82) is 0 Å². The normalized spacial score (nSPS) is 19.8. The van der Waals surface area contributed by atoms with Crippen LogP contribution in [0.3, 0.4) is 0 Å². The smallest absolute Gasteiger partial charge is 0.449 e. The highest BCUT2D eigenvalue weighted by molar-refractivity contribution is 6.12. The third kappa shape index (κ3) is 2.98. The SMILES string of the molecule is COc1cccc2c1C1(COc3c1cc1c(c3OC)OCCO1)C(=O)N2Cc1ccc(C(F)(F)F)o1. The minimum Gasteiger partial charge on any atom is -0.496 e. The fourth-order valence-corrected chi connectivity index (χ4v) is 5.14. The Morgan fingerprint density at radius 2 is 1.83 bits per heavy atom. The second-order valence-corrected chi connectivity index (χ2v) is 8.51. The van der Waals surface area contributed by atoms with Crippen LogP contribution < -0.4 is 28.6 Å². The maximum Gasteiger partial charge on any atom is 0.449 e. The molecule has 1 spiro atoms. The summed E-state index contributed by atoms with van der Waals surface area (Å²) in [6, 6.07) is 8.91. The van der Waals surface area contributed by atoms with E-state index in [0.717, 1.165) is 6.07 Å². The Labute approximate surface area is 203 Å². The van der Waals surface area contributed by atoms with Gasteiger partial charge in [-0.15, -0.1) is 0 Å². The van der Waals surface area contributed by atoms with E-state index in [1.165, 1.54) is 25.2 Å². The van der Waals surface area contributed by atoms with E-state index in [1.54, 1.807) is 24.3 Å². The van der Waals surface area contributed by atoms with Crippen molar-refractivity contribution in [3.8, 4) is 28.7 Å². The van der Waals surface area contributed by atoms with Gasteiger partial charge in [0, 0.05) is 11.1 Å². The van der Waals surface area contributed by atoms with Gasteiger partial charge in [-0.3, -0.25) is 4.79 Å². The molecule has 0 fully saturated rings. The molecule has 1 unspecified atom stereocenters. The Balaban J connectivity index is 1.52. The zero-order chi connectivity index (χ0) is 25.2. The molecule has 6 rings (SSSR count). The molecule has 11 heteroatoms. The number of benzene rings is 2. The minimum atomic E-state index is -4.63. The van der Waals surface area contributed by atoms with Gasteiger partial charge in [0.2, 0.25) is 23.2 Å². The van der Waals surface area contributed by atoms with Crippen LogP contribution >= 0.6 is 0 Å². The van der Waals surface area contributed by atoms with Crippen molar-refractivity contribution >= 4 is 11.6 Å². The van der Waals surface area contributed by atoms with Crippen LogP contribution in [0.1, 0.15) is 22.6 Å². The summed E-state index contributed by atoms with van der Waals surface area (Å²) in [5.74, 6) is 0.332. The summed E-state index contributed by atoms with van der Waals surface area (Å²) in [5.41, 5.74) is 0.171. The van der Waals surface area contributed by atoms with E-state index in [-0.39, 0.29) is 18.9 Å². The molecule has 1 atom stereocenters. The van der Waals surface area contributed by atoms with Gasteiger partial charge in [0.1, 0.15) is 36.7 Å². The molecule has 0 saturated carbocycles. The molecule has 0 aliphatic carbocycles. The second-order valence-electron chi connectivity index (χ2n) is 8.51. The molecule has 36 heavy (non-hydrogen) atoms. The molecule has 0 saturated heterocycles. The van der Waals surface area contributed by atoms with Crippen molar-refractivity contribution in [3.05, 3.63) is 59.0 Å². The van der Waals surface area contributed by atoms with Gasteiger partial charge in [-0.1, -0.05) is 6.07 Å². The third-order valence-corrected chi connectivity index (χ3v) is 6.65. The number of amides is 1. The molecular weight excluding hydrogens is 483 g/mol. The number of hydrogen-bond acceptors (Lipinski definition) is 7. The van der Waals surface area contributed by atoms with Gasteiger partial charge in [-0.2, -0.15) is 13.2 Å². The van der Waals surface area contributed by atoms with Crippen LogP contribution in [0, 0.1) is 0 Å². The largest absolute Gasteiger partial charge is 0.496 e. The Morgan fingerprint density at radius 3 is 2.56 bits per heavy atom. The summed E-state index contributed by atoms with van der Waals surface area (Å²) in [7, 11) is 2.95. The average molecular weight is 503 g/mol. The number of halogens is 3. The lowest BCUT2D eigenvalue weighted by Gasteiger charge is -2.26. The van der Waals surface area contributed by atoms with E-state index in [2.05, 4.69) is 0 Å². The number of rotatable bonds is 4. The highest BCUT2D eigenvalue weighted by Crippen LogP contribution is 2.61. The highest BCUT2D eigenvalue weighted by atomic mass is 19.4. The third-order valence-electron chi connectivity index (χ3n) is 6.65. The lowest BCUT2D eigenvalue weighted by atomic mass is 9.76. The van der Waals surface area contributed by atoms with Gasteiger partial charge in [-0.25, -0.2) is 0 Å². The van der Waals surface area contributed by atoms with Crippen LogP contribution in [0.25, 0.3) is 0 Å². The Bertz CT molecular complexity index is 1380. The summed E-state index contributed by atoms with van der Waals surface area (Å²) >= 11 is 0. The maximum atomic E-state index is 14.2. The zero-order valence-electron chi connectivity index (χ0n) is 19.2. The molecule has 188 valence electrons. The molecule has 3 aromatic rings. The van der Waals surface area contributed by atoms with E-state index in [0.29, 0.717) is 58.8 Å². The fraction of sp³-hybridized carbons (Fsp3) is 0.320. The molecule has 3 aliphatic rings. The second kappa shape index (κ2) is 7.74. The standard InChI is InChI=1S/C25H20F3NO7/c1-31-16-5-3-4-15-19(16)24(23(30)29(15)11-13-6-7-18(36-13)25(26,27)28)12-35-20-14(24)10-17-21(22(20)32-2)34-9-8-33-17/h3-7,10H,8-9,11-12H2,1-2H3. The van der Waals surface area contributed by atoms with Crippen LogP contribution in [0.5, 0.6) is 28.7 Å². The monoisotopic (exact) mass is 503 g/mol. The highest BCUT2D eigenvalue weighted by Gasteiger charge is 2.60.